The Hall–Kier alpha value is -3.61. The van der Waals surface area contributed by atoms with Crippen LogP contribution in [0.2, 0.25) is 0 Å². The highest BCUT2D eigenvalue weighted by atomic mass is 16.5. The summed E-state index contributed by atoms with van der Waals surface area (Å²) in [6.07, 6.45) is 1.75. The van der Waals surface area contributed by atoms with E-state index < -0.39 is 5.91 Å². The molecule has 0 fully saturated rings. The summed E-state index contributed by atoms with van der Waals surface area (Å²) in [5.41, 5.74) is 8.78. The first-order chi connectivity index (χ1) is 13.4. The zero-order chi connectivity index (χ0) is 20.3. The van der Waals surface area contributed by atoms with Crippen LogP contribution in [0.1, 0.15) is 18.1 Å². The number of methoxy groups -OCH3 is 1. The molecule has 1 aliphatic heterocycles. The summed E-state index contributed by atoms with van der Waals surface area (Å²) in [5.74, 6) is 0.0566. The van der Waals surface area contributed by atoms with E-state index in [0.717, 1.165) is 11.1 Å². The van der Waals surface area contributed by atoms with Crippen molar-refractivity contribution < 1.29 is 19.1 Å². The second-order valence-corrected chi connectivity index (χ2v) is 6.36. The molecular weight excluding hydrogens is 358 g/mol. The lowest BCUT2D eigenvalue weighted by Crippen LogP contribution is -2.21. The number of carbonyl (C=O) groups is 2. The minimum absolute atomic E-state index is 0.200. The standard InChI is InChI=1S/C21H21N3O4/c1-13-4-7-16(8-5-13)24-21(26)17(14(2)23-24)10-15-6-9-18(19(11-15)27-3)28-12-20(22)25/h4-11H,12H2,1-3H3,(H2,22,25)/b17-10+. The third-order valence-electron chi connectivity index (χ3n) is 4.21. The zero-order valence-corrected chi connectivity index (χ0v) is 15.9. The molecule has 0 aromatic heterocycles. The number of nitrogens with zero attached hydrogens (tertiary/aromatic N) is 2. The van der Waals surface area contributed by atoms with Crippen LogP contribution in [-0.4, -0.2) is 31.2 Å². The van der Waals surface area contributed by atoms with Crippen molar-refractivity contribution in [2.75, 3.05) is 18.7 Å². The molecular formula is C21H21N3O4. The SMILES string of the molecule is COc1cc(/C=C2/C(=O)N(c3ccc(C)cc3)N=C2C)ccc1OCC(N)=O. The van der Waals surface area contributed by atoms with Crippen LogP contribution in [0.5, 0.6) is 11.5 Å². The van der Waals surface area contributed by atoms with Gasteiger partial charge in [-0.1, -0.05) is 23.8 Å². The highest BCUT2D eigenvalue weighted by Gasteiger charge is 2.28. The van der Waals surface area contributed by atoms with Crippen molar-refractivity contribution in [2.24, 2.45) is 10.8 Å². The van der Waals surface area contributed by atoms with Gasteiger partial charge in [0.25, 0.3) is 11.8 Å². The van der Waals surface area contributed by atoms with Crippen LogP contribution in [0, 0.1) is 6.92 Å². The van der Waals surface area contributed by atoms with Gasteiger partial charge in [0.1, 0.15) is 0 Å². The molecule has 2 N–H and O–H groups in total. The van der Waals surface area contributed by atoms with Crippen LogP contribution < -0.4 is 20.2 Å². The Balaban J connectivity index is 1.87. The molecule has 144 valence electrons. The molecule has 0 atom stereocenters. The number of nitrogens with two attached hydrogens (primary N) is 1. The Bertz CT molecular complexity index is 978. The van der Waals surface area contributed by atoms with E-state index in [4.69, 9.17) is 15.2 Å². The molecule has 0 unspecified atom stereocenters. The van der Waals surface area contributed by atoms with Gasteiger partial charge in [-0.25, -0.2) is 0 Å². The summed E-state index contributed by atoms with van der Waals surface area (Å²) in [6.45, 7) is 3.53. The highest BCUT2D eigenvalue weighted by Crippen LogP contribution is 2.30. The number of rotatable bonds is 6. The molecule has 2 aromatic rings. The van der Waals surface area contributed by atoms with E-state index in [2.05, 4.69) is 5.10 Å². The molecule has 0 radical (unpaired) electrons. The Labute approximate surface area is 163 Å². The molecule has 2 aromatic carbocycles. The molecule has 1 heterocycles. The monoisotopic (exact) mass is 379 g/mol. The number of hydrogen-bond acceptors (Lipinski definition) is 5. The van der Waals surface area contributed by atoms with E-state index in [1.165, 1.54) is 12.1 Å². The number of ether oxygens (including phenoxy) is 2. The number of primary amides is 1. The minimum atomic E-state index is -0.576. The third-order valence-corrected chi connectivity index (χ3v) is 4.21. The molecule has 28 heavy (non-hydrogen) atoms. The minimum Gasteiger partial charge on any atom is -0.493 e. The number of aryl methyl sites for hydroxylation is 1. The van der Waals surface area contributed by atoms with Crippen molar-refractivity contribution in [3.63, 3.8) is 0 Å². The fraction of sp³-hybridized carbons (Fsp3) is 0.190. The van der Waals surface area contributed by atoms with E-state index in [-0.39, 0.29) is 12.5 Å². The number of hydrogen-bond donors (Lipinski definition) is 1. The number of carbonyl (C=O) groups excluding carboxylic acids is 2. The van der Waals surface area contributed by atoms with Crippen LogP contribution in [0.15, 0.2) is 53.1 Å². The highest BCUT2D eigenvalue weighted by molar-refractivity contribution is 6.32. The number of benzene rings is 2. The predicted molar refractivity (Wildman–Crippen MR) is 107 cm³/mol. The molecule has 7 nitrogen and oxygen atoms in total. The van der Waals surface area contributed by atoms with Crippen molar-refractivity contribution in [1.82, 2.24) is 0 Å². The molecule has 1 aliphatic rings. The van der Waals surface area contributed by atoms with Gasteiger partial charge < -0.3 is 15.2 Å². The van der Waals surface area contributed by atoms with Crippen LogP contribution in [0.25, 0.3) is 6.08 Å². The average molecular weight is 379 g/mol. The fourth-order valence-electron chi connectivity index (χ4n) is 2.75. The Morgan fingerprint density at radius 3 is 2.50 bits per heavy atom. The Kier molecular flexibility index (Phi) is 5.44. The lowest BCUT2D eigenvalue weighted by molar-refractivity contribution is -0.120. The van der Waals surface area contributed by atoms with Crippen molar-refractivity contribution in [3.8, 4) is 11.5 Å². The molecule has 2 amide bonds. The molecule has 0 bridgehead atoms. The molecule has 0 saturated heterocycles. The van der Waals surface area contributed by atoms with Crippen LogP contribution in [0.4, 0.5) is 5.69 Å². The van der Waals surface area contributed by atoms with Crippen molar-refractivity contribution in [3.05, 3.63) is 59.2 Å². The summed E-state index contributed by atoms with van der Waals surface area (Å²) in [5, 5.41) is 5.77. The van der Waals surface area contributed by atoms with E-state index >= 15 is 0 Å². The van der Waals surface area contributed by atoms with Gasteiger partial charge >= 0.3 is 0 Å². The summed E-state index contributed by atoms with van der Waals surface area (Å²) in [6, 6.07) is 12.7. The summed E-state index contributed by atoms with van der Waals surface area (Å²) < 4.78 is 10.6. The lowest BCUT2D eigenvalue weighted by atomic mass is 10.1. The van der Waals surface area contributed by atoms with Crippen LogP contribution in [-0.2, 0) is 9.59 Å². The molecule has 0 aliphatic carbocycles. The zero-order valence-electron chi connectivity index (χ0n) is 15.9. The maximum Gasteiger partial charge on any atom is 0.280 e. The molecule has 3 rings (SSSR count). The van der Waals surface area contributed by atoms with Crippen molar-refractivity contribution in [1.29, 1.82) is 0 Å². The van der Waals surface area contributed by atoms with E-state index in [1.807, 2.05) is 31.2 Å². The summed E-state index contributed by atoms with van der Waals surface area (Å²) >= 11 is 0. The van der Waals surface area contributed by atoms with Gasteiger partial charge in [-0.3, -0.25) is 9.59 Å². The number of hydrazone groups is 1. The van der Waals surface area contributed by atoms with E-state index in [1.54, 1.807) is 31.2 Å². The molecule has 0 spiro atoms. The second-order valence-electron chi connectivity index (χ2n) is 6.36. The van der Waals surface area contributed by atoms with E-state index in [0.29, 0.717) is 28.5 Å². The van der Waals surface area contributed by atoms with Gasteiger partial charge in [0.15, 0.2) is 18.1 Å². The first-order valence-corrected chi connectivity index (χ1v) is 8.66. The predicted octanol–water partition coefficient (Wildman–Crippen LogP) is 2.67. The van der Waals surface area contributed by atoms with Gasteiger partial charge in [0, 0.05) is 0 Å². The largest absolute Gasteiger partial charge is 0.493 e. The van der Waals surface area contributed by atoms with Crippen LogP contribution in [0.3, 0.4) is 0 Å². The van der Waals surface area contributed by atoms with Gasteiger partial charge in [-0.2, -0.15) is 10.1 Å². The quantitative estimate of drug-likeness (QED) is 0.781. The van der Waals surface area contributed by atoms with Gasteiger partial charge in [0.05, 0.1) is 24.1 Å². The van der Waals surface area contributed by atoms with Gasteiger partial charge in [-0.15, -0.1) is 0 Å². The summed E-state index contributed by atoms with van der Waals surface area (Å²) in [4.78, 5) is 23.7. The van der Waals surface area contributed by atoms with Crippen LogP contribution >= 0.6 is 0 Å². The maximum atomic E-state index is 12.8. The summed E-state index contributed by atoms with van der Waals surface area (Å²) in [7, 11) is 1.50. The number of anilines is 1. The van der Waals surface area contributed by atoms with Gasteiger partial charge in [0.2, 0.25) is 0 Å². The smallest absolute Gasteiger partial charge is 0.280 e. The average Bonchev–Trinajstić information content (AvgIpc) is 2.95. The molecule has 0 saturated carbocycles. The first kappa shape index (κ1) is 19.2. The Morgan fingerprint density at radius 1 is 1.14 bits per heavy atom. The van der Waals surface area contributed by atoms with Gasteiger partial charge in [-0.05, 0) is 49.8 Å². The maximum absolute atomic E-state index is 12.8. The van der Waals surface area contributed by atoms with E-state index in [9.17, 15) is 9.59 Å². The third kappa shape index (κ3) is 4.03. The molecule has 7 heteroatoms. The normalized spacial score (nSPS) is 15.0. The fourth-order valence-corrected chi connectivity index (χ4v) is 2.75. The lowest BCUT2D eigenvalue weighted by Gasteiger charge is -2.12. The Morgan fingerprint density at radius 2 is 1.86 bits per heavy atom. The first-order valence-electron chi connectivity index (χ1n) is 8.66. The number of amides is 2. The van der Waals surface area contributed by atoms with Crippen molar-refractivity contribution >= 4 is 29.3 Å². The second kappa shape index (κ2) is 7.96. The topological polar surface area (TPSA) is 94.2 Å². The van der Waals surface area contributed by atoms with Crippen molar-refractivity contribution in [2.45, 2.75) is 13.8 Å².